The number of nitrogens with two attached hydrogens (primary N) is 1. The van der Waals surface area contributed by atoms with Gasteiger partial charge in [0.05, 0.1) is 23.2 Å². The SMILES string of the molecule is CC12CCCN1CC(F)C2.CCCc1c(Cc2c(C(C)CC)ccc(N)c2C#N)nc(CC)nc1N1CC2(CCC2C#N)C1. The third-order valence-electron chi connectivity index (χ3n) is 11.0. The number of hydrogen-bond donors (Lipinski definition) is 1. The van der Waals surface area contributed by atoms with Crippen molar-refractivity contribution in [1.29, 1.82) is 10.5 Å². The van der Waals surface area contributed by atoms with E-state index in [9.17, 15) is 14.9 Å². The first-order valence-corrected chi connectivity index (χ1v) is 16.9. The van der Waals surface area contributed by atoms with Crippen LogP contribution in [0.1, 0.15) is 119 Å². The van der Waals surface area contributed by atoms with E-state index >= 15 is 0 Å². The molecule has 8 heteroatoms. The molecule has 7 nitrogen and oxygen atoms in total. The average Bonchev–Trinajstić information content (AvgIpc) is 3.46. The molecule has 1 aromatic heterocycles. The van der Waals surface area contributed by atoms with Crippen molar-refractivity contribution in [2.45, 2.75) is 116 Å². The van der Waals surface area contributed by atoms with Crippen LogP contribution in [-0.2, 0) is 19.3 Å². The first-order chi connectivity index (χ1) is 21.1. The minimum Gasteiger partial charge on any atom is -0.398 e. The van der Waals surface area contributed by atoms with Crippen LogP contribution in [0.3, 0.4) is 0 Å². The van der Waals surface area contributed by atoms with E-state index in [4.69, 9.17) is 15.7 Å². The topological polar surface area (TPSA) is 106 Å². The highest BCUT2D eigenvalue weighted by atomic mass is 19.1. The lowest BCUT2D eigenvalue weighted by atomic mass is 9.56. The molecular formula is C36H50FN7. The number of nitrogen functional groups attached to an aromatic ring is 1. The summed E-state index contributed by atoms with van der Waals surface area (Å²) in [6.07, 6.45) is 9.07. The first kappa shape index (κ1) is 32.2. The molecule has 1 saturated carbocycles. The number of halogens is 1. The fourth-order valence-electron chi connectivity index (χ4n) is 8.04. The molecule has 44 heavy (non-hydrogen) atoms. The minimum atomic E-state index is -0.551. The minimum absolute atomic E-state index is 0.154. The molecule has 2 N–H and O–H groups in total. The van der Waals surface area contributed by atoms with Gasteiger partial charge in [-0.2, -0.15) is 10.5 Å². The molecule has 6 rings (SSSR count). The van der Waals surface area contributed by atoms with Gasteiger partial charge in [0.2, 0.25) is 0 Å². The second kappa shape index (κ2) is 13.0. The molecule has 0 radical (unpaired) electrons. The molecule has 3 aliphatic heterocycles. The summed E-state index contributed by atoms with van der Waals surface area (Å²) < 4.78 is 12.8. The van der Waals surface area contributed by atoms with E-state index < -0.39 is 6.17 Å². The Hall–Kier alpha value is -3.23. The van der Waals surface area contributed by atoms with E-state index in [1.165, 1.54) is 24.0 Å². The van der Waals surface area contributed by atoms with Gasteiger partial charge in [0.1, 0.15) is 23.9 Å². The van der Waals surface area contributed by atoms with Gasteiger partial charge in [-0.05, 0) is 81.5 Å². The van der Waals surface area contributed by atoms with Gasteiger partial charge in [-0.3, -0.25) is 4.90 Å². The lowest BCUT2D eigenvalue weighted by Crippen LogP contribution is -2.64. The Morgan fingerprint density at radius 3 is 2.50 bits per heavy atom. The van der Waals surface area contributed by atoms with Gasteiger partial charge in [-0.15, -0.1) is 0 Å². The van der Waals surface area contributed by atoms with Gasteiger partial charge in [0, 0.05) is 54.7 Å². The van der Waals surface area contributed by atoms with E-state index in [-0.39, 0.29) is 16.9 Å². The highest BCUT2D eigenvalue weighted by Crippen LogP contribution is 2.54. The van der Waals surface area contributed by atoms with E-state index in [0.29, 0.717) is 30.1 Å². The summed E-state index contributed by atoms with van der Waals surface area (Å²) in [6.45, 7) is 14.5. The molecule has 1 spiro atoms. The molecule has 4 aliphatic rings. The van der Waals surface area contributed by atoms with E-state index in [1.54, 1.807) is 0 Å². The normalized spacial score (nSPS) is 25.7. The molecule has 1 aliphatic carbocycles. The summed E-state index contributed by atoms with van der Waals surface area (Å²) in [6, 6.07) is 8.83. The quantitative estimate of drug-likeness (QED) is 0.330. The van der Waals surface area contributed by atoms with Crippen molar-refractivity contribution >= 4 is 11.5 Å². The Morgan fingerprint density at radius 2 is 1.91 bits per heavy atom. The molecule has 4 heterocycles. The number of aromatic nitrogens is 2. The first-order valence-electron chi connectivity index (χ1n) is 16.9. The number of aryl methyl sites for hydroxylation is 1. The highest BCUT2D eigenvalue weighted by molar-refractivity contribution is 5.63. The summed E-state index contributed by atoms with van der Waals surface area (Å²) in [5, 5.41) is 19.5. The summed E-state index contributed by atoms with van der Waals surface area (Å²) >= 11 is 0. The van der Waals surface area contributed by atoms with Crippen LogP contribution in [-0.4, -0.2) is 52.8 Å². The second-order valence-corrected chi connectivity index (χ2v) is 14.0. The molecule has 0 bridgehead atoms. The zero-order valence-electron chi connectivity index (χ0n) is 27.4. The molecule has 4 fully saturated rings. The van der Waals surface area contributed by atoms with Crippen molar-refractivity contribution in [2.24, 2.45) is 11.3 Å². The predicted molar refractivity (Wildman–Crippen MR) is 174 cm³/mol. The van der Waals surface area contributed by atoms with Gasteiger partial charge >= 0.3 is 0 Å². The lowest BCUT2D eigenvalue weighted by molar-refractivity contribution is 0.0353. The zero-order chi connectivity index (χ0) is 31.6. The van der Waals surface area contributed by atoms with E-state index in [1.807, 2.05) is 6.07 Å². The van der Waals surface area contributed by atoms with Crippen LogP contribution < -0.4 is 10.6 Å². The number of nitrogens with zero attached hydrogens (tertiary/aromatic N) is 6. The standard InChI is InChI=1S/C28H36N6.C8H14FN/c1-5-8-21-25(13-22-20(18(4)6-2)9-10-24(31)23(22)15-30)32-26(7-3)33-27(21)34-16-28(17-34)12-11-19(28)14-29;1-8-3-2-4-10(8)6-7(9)5-8/h9-10,18-19H,5-8,11-13,16-17,31H2,1-4H3;7H,2-6H2,1H3. The van der Waals surface area contributed by atoms with E-state index in [0.717, 1.165) is 87.5 Å². The van der Waals surface area contributed by atoms with Crippen LogP contribution >= 0.6 is 0 Å². The van der Waals surface area contributed by atoms with Crippen LogP contribution in [0.4, 0.5) is 15.9 Å². The highest BCUT2D eigenvalue weighted by Gasteiger charge is 2.55. The maximum atomic E-state index is 12.8. The van der Waals surface area contributed by atoms with Crippen LogP contribution in [0, 0.1) is 34.0 Å². The fraction of sp³-hybridized carbons (Fsp3) is 0.667. The van der Waals surface area contributed by atoms with Crippen LogP contribution in [0.2, 0.25) is 0 Å². The number of nitriles is 2. The lowest BCUT2D eigenvalue weighted by Gasteiger charge is -2.59. The predicted octanol–water partition coefficient (Wildman–Crippen LogP) is 6.87. The van der Waals surface area contributed by atoms with Gasteiger partial charge in [-0.1, -0.05) is 40.2 Å². The number of benzene rings is 1. The Kier molecular flexibility index (Phi) is 9.52. The Bertz CT molecular complexity index is 1440. The van der Waals surface area contributed by atoms with Gasteiger partial charge < -0.3 is 10.6 Å². The van der Waals surface area contributed by atoms with Crippen LogP contribution in [0.15, 0.2) is 12.1 Å². The summed E-state index contributed by atoms with van der Waals surface area (Å²) in [5.74, 6) is 2.38. The summed E-state index contributed by atoms with van der Waals surface area (Å²) in [7, 11) is 0. The number of rotatable bonds is 8. The third-order valence-corrected chi connectivity index (χ3v) is 11.0. The number of anilines is 2. The van der Waals surface area contributed by atoms with Gasteiger partial charge in [-0.25, -0.2) is 14.4 Å². The Morgan fingerprint density at radius 1 is 1.14 bits per heavy atom. The summed E-state index contributed by atoms with van der Waals surface area (Å²) in [4.78, 5) is 14.6. The van der Waals surface area contributed by atoms with E-state index in [2.05, 4.69) is 62.6 Å². The van der Waals surface area contributed by atoms with Crippen molar-refractivity contribution in [2.75, 3.05) is 36.8 Å². The van der Waals surface area contributed by atoms with Crippen molar-refractivity contribution in [1.82, 2.24) is 14.9 Å². The number of hydrogen-bond acceptors (Lipinski definition) is 7. The van der Waals surface area contributed by atoms with Crippen LogP contribution in [0.25, 0.3) is 0 Å². The van der Waals surface area contributed by atoms with Crippen molar-refractivity contribution < 1.29 is 4.39 Å². The molecule has 236 valence electrons. The third kappa shape index (κ3) is 5.91. The average molecular weight is 600 g/mol. The largest absolute Gasteiger partial charge is 0.398 e. The second-order valence-electron chi connectivity index (χ2n) is 14.0. The molecule has 3 saturated heterocycles. The number of alkyl halides is 1. The van der Waals surface area contributed by atoms with Crippen molar-refractivity contribution in [3.05, 3.63) is 45.9 Å². The molecule has 4 atom stereocenters. The van der Waals surface area contributed by atoms with Gasteiger partial charge in [0.15, 0.2) is 0 Å². The van der Waals surface area contributed by atoms with Crippen molar-refractivity contribution in [3.63, 3.8) is 0 Å². The monoisotopic (exact) mass is 599 g/mol. The Balaban J connectivity index is 0.000000322. The molecule has 1 aromatic carbocycles. The molecular weight excluding hydrogens is 549 g/mol. The van der Waals surface area contributed by atoms with Crippen LogP contribution in [0.5, 0.6) is 0 Å². The maximum Gasteiger partial charge on any atom is 0.135 e. The van der Waals surface area contributed by atoms with Gasteiger partial charge in [0.25, 0.3) is 0 Å². The molecule has 2 aromatic rings. The summed E-state index contributed by atoms with van der Waals surface area (Å²) in [5.41, 5.74) is 12.1. The molecule has 4 unspecified atom stereocenters. The fourth-order valence-corrected chi connectivity index (χ4v) is 8.04. The zero-order valence-corrected chi connectivity index (χ0v) is 27.4. The maximum absolute atomic E-state index is 12.8. The number of fused-ring (bicyclic) bond motifs is 1. The Labute approximate surface area is 263 Å². The smallest absolute Gasteiger partial charge is 0.135 e. The van der Waals surface area contributed by atoms with Crippen molar-refractivity contribution in [3.8, 4) is 12.1 Å². The molecule has 0 amide bonds.